The number of alkyl halides is 2. The number of hydrogen-bond acceptors (Lipinski definition) is 1. The van der Waals surface area contributed by atoms with Gasteiger partial charge in [0.05, 0.1) is 10.9 Å². The summed E-state index contributed by atoms with van der Waals surface area (Å²) >= 11 is 6.52. The van der Waals surface area contributed by atoms with Crippen molar-refractivity contribution in [1.29, 1.82) is 0 Å². The smallest absolute Gasteiger partial charge is 0.128 e. The van der Waals surface area contributed by atoms with Crippen LogP contribution in [0.3, 0.4) is 0 Å². The third-order valence-electron chi connectivity index (χ3n) is 3.36. The average molecular weight is 268 g/mol. The van der Waals surface area contributed by atoms with Crippen LogP contribution in [-0.2, 0) is 0 Å². The number of rotatable bonds is 2. The Bertz CT molecular complexity index is 451. The maximum absolute atomic E-state index is 14.1. The van der Waals surface area contributed by atoms with Gasteiger partial charge in [-0.05, 0) is 39.0 Å². The fourth-order valence-electron chi connectivity index (χ4n) is 2.83. The van der Waals surface area contributed by atoms with E-state index in [1.165, 1.54) is 0 Å². The SMILES string of the molecule is CC1=CC(C)(F)CC(C)(Cl)C1Nc1ccccc1. The van der Waals surface area contributed by atoms with Gasteiger partial charge in [0, 0.05) is 12.1 Å². The highest BCUT2D eigenvalue weighted by molar-refractivity contribution is 6.24. The van der Waals surface area contributed by atoms with E-state index < -0.39 is 10.5 Å². The molecule has 1 aromatic carbocycles. The normalized spacial score (nSPS) is 36.1. The van der Waals surface area contributed by atoms with Crippen LogP contribution in [0.1, 0.15) is 27.2 Å². The molecule has 3 atom stereocenters. The van der Waals surface area contributed by atoms with Crippen LogP contribution in [0.2, 0.25) is 0 Å². The first kappa shape index (κ1) is 13.4. The molecule has 0 fully saturated rings. The minimum absolute atomic E-state index is 0.0506. The van der Waals surface area contributed by atoms with Gasteiger partial charge in [0.1, 0.15) is 5.67 Å². The maximum atomic E-state index is 14.1. The van der Waals surface area contributed by atoms with E-state index in [2.05, 4.69) is 5.32 Å². The molecule has 3 unspecified atom stereocenters. The van der Waals surface area contributed by atoms with Crippen molar-refractivity contribution < 1.29 is 4.39 Å². The monoisotopic (exact) mass is 267 g/mol. The first-order chi connectivity index (χ1) is 8.30. The molecule has 1 aliphatic carbocycles. The molecule has 1 nitrogen and oxygen atoms in total. The van der Waals surface area contributed by atoms with Crippen molar-refractivity contribution in [2.75, 3.05) is 5.32 Å². The lowest BCUT2D eigenvalue weighted by Crippen LogP contribution is -2.48. The Morgan fingerprint density at radius 2 is 1.89 bits per heavy atom. The Hall–Kier alpha value is -1.02. The number of nitrogens with one attached hydrogen (secondary N) is 1. The standard InChI is InChI=1S/C15H19ClFN/c1-11-9-14(2,17)10-15(3,16)13(11)18-12-7-5-4-6-8-12/h4-9,13,18H,10H2,1-3H3. The highest BCUT2D eigenvalue weighted by Gasteiger charge is 2.44. The third-order valence-corrected chi connectivity index (χ3v) is 3.71. The largest absolute Gasteiger partial charge is 0.377 e. The molecule has 1 N–H and O–H groups in total. The molecule has 1 aliphatic rings. The van der Waals surface area contributed by atoms with Gasteiger partial charge in [-0.25, -0.2) is 4.39 Å². The molecule has 18 heavy (non-hydrogen) atoms. The van der Waals surface area contributed by atoms with Crippen molar-refractivity contribution in [2.45, 2.75) is 43.8 Å². The van der Waals surface area contributed by atoms with E-state index in [9.17, 15) is 4.39 Å². The minimum atomic E-state index is -1.32. The third kappa shape index (κ3) is 2.86. The molecule has 0 aliphatic heterocycles. The Morgan fingerprint density at radius 3 is 2.44 bits per heavy atom. The molecule has 0 bridgehead atoms. The predicted octanol–water partition coefficient (Wildman–Crippen LogP) is 4.54. The number of hydrogen-bond donors (Lipinski definition) is 1. The number of allylic oxidation sites excluding steroid dienone is 1. The molecule has 0 spiro atoms. The summed E-state index contributed by atoms with van der Waals surface area (Å²) in [5.41, 5.74) is 0.632. The lowest BCUT2D eigenvalue weighted by molar-refractivity contribution is 0.199. The van der Waals surface area contributed by atoms with Crippen LogP contribution in [0.4, 0.5) is 10.1 Å². The summed E-state index contributed by atoms with van der Waals surface area (Å²) in [6.07, 6.45) is 1.99. The van der Waals surface area contributed by atoms with E-state index in [0.29, 0.717) is 6.42 Å². The minimum Gasteiger partial charge on any atom is -0.377 e. The van der Waals surface area contributed by atoms with Gasteiger partial charge in [-0.3, -0.25) is 0 Å². The Morgan fingerprint density at radius 1 is 1.28 bits per heavy atom. The van der Waals surface area contributed by atoms with E-state index in [1.54, 1.807) is 13.0 Å². The van der Waals surface area contributed by atoms with E-state index in [1.807, 2.05) is 44.2 Å². The quantitative estimate of drug-likeness (QED) is 0.613. The number of benzene rings is 1. The van der Waals surface area contributed by atoms with Crippen LogP contribution in [0.15, 0.2) is 42.0 Å². The Balaban J connectivity index is 2.27. The lowest BCUT2D eigenvalue weighted by atomic mass is 9.78. The lowest BCUT2D eigenvalue weighted by Gasteiger charge is -2.41. The molecular formula is C15H19ClFN. The highest BCUT2D eigenvalue weighted by atomic mass is 35.5. The molecule has 3 heteroatoms. The van der Waals surface area contributed by atoms with Crippen molar-refractivity contribution in [1.82, 2.24) is 0 Å². The summed E-state index contributed by atoms with van der Waals surface area (Å²) in [6.45, 7) is 5.40. The second-order valence-corrected chi connectivity index (χ2v) is 6.43. The van der Waals surface area contributed by atoms with E-state index in [-0.39, 0.29) is 6.04 Å². The van der Waals surface area contributed by atoms with Crippen molar-refractivity contribution in [3.05, 3.63) is 42.0 Å². The number of para-hydroxylation sites is 1. The van der Waals surface area contributed by atoms with Gasteiger partial charge in [-0.15, -0.1) is 11.6 Å². The van der Waals surface area contributed by atoms with E-state index in [4.69, 9.17) is 11.6 Å². The topological polar surface area (TPSA) is 12.0 Å². The molecule has 0 saturated heterocycles. The van der Waals surface area contributed by atoms with Crippen molar-refractivity contribution in [2.24, 2.45) is 0 Å². The summed E-state index contributed by atoms with van der Waals surface area (Å²) in [5.74, 6) is 0. The fourth-order valence-corrected chi connectivity index (χ4v) is 3.32. The second-order valence-electron chi connectivity index (χ2n) is 5.56. The molecule has 0 radical (unpaired) electrons. The molecule has 2 rings (SSSR count). The molecule has 1 aromatic rings. The summed E-state index contributed by atoms with van der Waals surface area (Å²) < 4.78 is 14.1. The summed E-state index contributed by atoms with van der Waals surface area (Å²) in [6, 6.07) is 9.83. The van der Waals surface area contributed by atoms with Crippen molar-refractivity contribution >= 4 is 17.3 Å². The number of anilines is 1. The fraction of sp³-hybridized carbons (Fsp3) is 0.467. The van der Waals surface area contributed by atoms with Crippen molar-refractivity contribution in [3.63, 3.8) is 0 Å². The van der Waals surface area contributed by atoms with Crippen molar-refractivity contribution in [3.8, 4) is 0 Å². The van der Waals surface area contributed by atoms with Gasteiger partial charge in [0.2, 0.25) is 0 Å². The van der Waals surface area contributed by atoms with E-state index in [0.717, 1.165) is 11.3 Å². The van der Waals surface area contributed by atoms with Gasteiger partial charge < -0.3 is 5.32 Å². The Labute approximate surface area is 113 Å². The van der Waals surface area contributed by atoms with Crippen LogP contribution < -0.4 is 5.32 Å². The first-order valence-electron chi connectivity index (χ1n) is 6.19. The Kier molecular flexibility index (Phi) is 3.41. The van der Waals surface area contributed by atoms with Gasteiger partial charge in [0.25, 0.3) is 0 Å². The van der Waals surface area contributed by atoms with E-state index >= 15 is 0 Å². The summed E-state index contributed by atoms with van der Waals surface area (Å²) in [4.78, 5) is -0.627. The molecular weight excluding hydrogens is 249 g/mol. The van der Waals surface area contributed by atoms with Crippen LogP contribution in [0.5, 0.6) is 0 Å². The molecule has 0 saturated carbocycles. The summed E-state index contributed by atoms with van der Waals surface area (Å²) in [5, 5.41) is 3.39. The second kappa shape index (κ2) is 4.58. The van der Waals surface area contributed by atoms with Crippen LogP contribution >= 0.6 is 11.6 Å². The molecule has 0 amide bonds. The van der Waals surface area contributed by atoms with Crippen LogP contribution in [0.25, 0.3) is 0 Å². The average Bonchev–Trinajstić information content (AvgIpc) is 2.23. The van der Waals surface area contributed by atoms with Gasteiger partial charge in [-0.1, -0.05) is 23.8 Å². The number of halogens is 2. The zero-order valence-electron chi connectivity index (χ0n) is 11.0. The first-order valence-corrected chi connectivity index (χ1v) is 6.57. The zero-order valence-corrected chi connectivity index (χ0v) is 11.8. The zero-order chi connectivity index (χ0) is 13.4. The van der Waals surface area contributed by atoms with Gasteiger partial charge in [0.15, 0.2) is 0 Å². The van der Waals surface area contributed by atoms with Gasteiger partial charge in [-0.2, -0.15) is 0 Å². The van der Waals surface area contributed by atoms with Crippen LogP contribution in [0, 0.1) is 0 Å². The highest BCUT2D eigenvalue weighted by Crippen LogP contribution is 2.41. The van der Waals surface area contributed by atoms with Gasteiger partial charge >= 0.3 is 0 Å². The predicted molar refractivity (Wildman–Crippen MR) is 76.0 cm³/mol. The molecule has 0 heterocycles. The molecule has 0 aromatic heterocycles. The summed E-state index contributed by atoms with van der Waals surface area (Å²) in [7, 11) is 0. The maximum Gasteiger partial charge on any atom is 0.128 e. The van der Waals surface area contributed by atoms with Crippen LogP contribution in [-0.4, -0.2) is 16.6 Å². The molecule has 98 valence electrons.